The Morgan fingerprint density at radius 1 is 1.38 bits per heavy atom. The molecule has 0 aliphatic heterocycles. The van der Waals surface area contributed by atoms with Gasteiger partial charge in [0.25, 0.3) is 0 Å². The Hall–Kier alpha value is -0.480. The molecule has 0 bridgehead atoms. The van der Waals surface area contributed by atoms with Crippen LogP contribution < -0.4 is 5.32 Å². The van der Waals surface area contributed by atoms with Gasteiger partial charge in [-0.1, -0.05) is 26.2 Å². The van der Waals surface area contributed by atoms with Crippen LogP contribution in [0.2, 0.25) is 0 Å². The molecule has 0 saturated heterocycles. The third kappa shape index (κ3) is 5.67. The Morgan fingerprint density at radius 3 is 2.76 bits per heavy atom. The first-order chi connectivity index (χ1) is 10.2. The van der Waals surface area contributed by atoms with Crippen LogP contribution in [-0.2, 0) is 13.5 Å². The Bertz CT molecular complexity index is 410. The summed E-state index contributed by atoms with van der Waals surface area (Å²) in [4.78, 5) is 0. The number of nitrogens with zero attached hydrogens (tertiary/aromatic N) is 2. The fourth-order valence-corrected chi connectivity index (χ4v) is 4.54. The molecule has 0 spiro atoms. The van der Waals surface area contributed by atoms with Crippen LogP contribution in [0, 0.1) is 6.92 Å². The molecular formula is C17H31N3S. The first kappa shape index (κ1) is 16.9. The molecule has 1 atom stereocenters. The number of thioether (sulfide) groups is 1. The standard InChI is InChI=1S/C17H31N3S/c1-4-10-18-15(12-16-11-14(2)19-20(16)3)13-21-17-8-6-5-7-9-17/h11,15,17-18H,4-10,12-13H2,1-3H3. The van der Waals surface area contributed by atoms with Crippen LogP contribution in [0.15, 0.2) is 6.07 Å². The minimum atomic E-state index is 0.576. The van der Waals surface area contributed by atoms with Gasteiger partial charge in [0.15, 0.2) is 0 Å². The predicted molar refractivity (Wildman–Crippen MR) is 93.1 cm³/mol. The first-order valence-electron chi connectivity index (χ1n) is 8.53. The maximum atomic E-state index is 4.48. The van der Waals surface area contributed by atoms with Crippen molar-refractivity contribution in [2.24, 2.45) is 7.05 Å². The fourth-order valence-electron chi connectivity index (χ4n) is 3.13. The highest BCUT2D eigenvalue weighted by Crippen LogP contribution is 2.28. The van der Waals surface area contributed by atoms with Crippen molar-refractivity contribution >= 4 is 11.8 Å². The van der Waals surface area contributed by atoms with Gasteiger partial charge in [-0.05, 0) is 38.8 Å². The molecule has 120 valence electrons. The van der Waals surface area contributed by atoms with Crippen LogP contribution in [0.3, 0.4) is 0 Å². The van der Waals surface area contributed by atoms with Gasteiger partial charge in [-0.15, -0.1) is 0 Å². The van der Waals surface area contributed by atoms with Gasteiger partial charge >= 0.3 is 0 Å². The molecule has 2 rings (SSSR count). The summed E-state index contributed by atoms with van der Waals surface area (Å²) in [6, 6.07) is 2.80. The second-order valence-electron chi connectivity index (χ2n) is 6.35. The van der Waals surface area contributed by atoms with Crippen molar-refractivity contribution in [2.45, 2.75) is 70.1 Å². The molecule has 0 aromatic carbocycles. The van der Waals surface area contributed by atoms with Crippen molar-refractivity contribution < 1.29 is 0 Å². The van der Waals surface area contributed by atoms with Crippen molar-refractivity contribution in [2.75, 3.05) is 12.3 Å². The van der Waals surface area contributed by atoms with Crippen molar-refractivity contribution in [3.63, 3.8) is 0 Å². The largest absolute Gasteiger partial charge is 0.313 e. The average molecular weight is 310 g/mol. The molecule has 1 aromatic heterocycles. The molecular weight excluding hydrogens is 278 g/mol. The fraction of sp³-hybridized carbons (Fsp3) is 0.824. The van der Waals surface area contributed by atoms with E-state index in [2.05, 4.69) is 49.1 Å². The third-order valence-corrected chi connectivity index (χ3v) is 5.86. The van der Waals surface area contributed by atoms with Gasteiger partial charge in [-0.3, -0.25) is 4.68 Å². The monoisotopic (exact) mass is 309 g/mol. The van der Waals surface area contributed by atoms with Gasteiger partial charge in [0.1, 0.15) is 0 Å². The number of aromatic nitrogens is 2. The van der Waals surface area contributed by atoms with Gasteiger partial charge in [0.05, 0.1) is 5.69 Å². The van der Waals surface area contributed by atoms with E-state index in [1.54, 1.807) is 0 Å². The molecule has 1 saturated carbocycles. The highest BCUT2D eigenvalue weighted by molar-refractivity contribution is 7.99. The minimum absolute atomic E-state index is 0.576. The summed E-state index contributed by atoms with van der Waals surface area (Å²) in [6.07, 6.45) is 9.47. The highest BCUT2D eigenvalue weighted by Gasteiger charge is 2.18. The molecule has 1 unspecified atom stereocenters. The van der Waals surface area contributed by atoms with E-state index in [0.717, 1.165) is 23.9 Å². The van der Waals surface area contributed by atoms with E-state index >= 15 is 0 Å². The number of rotatable bonds is 8. The average Bonchev–Trinajstić information content (AvgIpc) is 2.80. The lowest BCUT2D eigenvalue weighted by molar-refractivity contribution is 0.509. The Morgan fingerprint density at radius 2 is 2.14 bits per heavy atom. The predicted octanol–water partition coefficient (Wildman–Crippen LogP) is 3.71. The van der Waals surface area contributed by atoms with E-state index in [1.807, 2.05) is 4.68 Å². The summed E-state index contributed by atoms with van der Waals surface area (Å²) in [5, 5.41) is 9.11. The molecule has 0 radical (unpaired) electrons. The topological polar surface area (TPSA) is 29.9 Å². The molecule has 0 amide bonds. The van der Waals surface area contributed by atoms with E-state index in [0.29, 0.717) is 6.04 Å². The Balaban J connectivity index is 1.85. The van der Waals surface area contributed by atoms with E-state index in [-0.39, 0.29) is 0 Å². The van der Waals surface area contributed by atoms with Crippen LogP contribution in [0.4, 0.5) is 0 Å². The van der Waals surface area contributed by atoms with Gasteiger partial charge in [-0.2, -0.15) is 16.9 Å². The van der Waals surface area contributed by atoms with E-state index in [9.17, 15) is 0 Å². The van der Waals surface area contributed by atoms with Gasteiger partial charge < -0.3 is 5.32 Å². The zero-order valence-electron chi connectivity index (χ0n) is 13.9. The number of nitrogens with one attached hydrogen (secondary N) is 1. The summed E-state index contributed by atoms with van der Waals surface area (Å²) in [7, 11) is 2.06. The third-order valence-electron chi connectivity index (χ3n) is 4.32. The van der Waals surface area contributed by atoms with E-state index in [4.69, 9.17) is 0 Å². The van der Waals surface area contributed by atoms with Crippen LogP contribution in [0.25, 0.3) is 0 Å². The molecule has 1 fully saturated rings. The normalized spacial score (nSPS) is 18.0. The molecule has 3 nitrogen and oxygen atoms in total. The SMILES string of the molecule is CCCNC(CSC1CCCCC1)Cc1cc(C)nn1C. The molecule has 1 heterocycles. The highest BCUT2D eigenvalue weighted by atomic mass is 32.2. The summed E-state index contributed by atoms with van der Waals surface area (Å²) in [5.41, 5.74) is 2.48. The lowest BCUT2D eigenvalue weighted by atomic mass is 10.0. The van der Waals surface area contributed by atoms with Crippen molar-refractivity contribution in [3.8, 4) is 0 Å². The zero-order valence-corrected chi connectivity index (χ0v) is 14.7. The summed E-state index contributed by atoms with van der Waals surface area (Å²) < 4.78 is 2.04. The first-order valence-corrected chi connectivity index (χ1v) is 9.58. The summed E-state index contributed by atoms with van der Waals surface area (Å²) >= 11 is 2.20. The summed E-state index contributed by atoms with van der Waals surface area (Å²) in [5.74, 6) is 1.23. The lowest BCUT2D eigenvalue weighted by Gasteiger charge is -2.24. The number of hydrogen-bond donors (Lipinski definition) is 1. The van der Waals surface area contributed by atoms with Crippen molar-refractivity contribution in [1.82, 2.24) is 15.1 Å². The van der Waals surface area contributed by atoms with Crippen LogP contribution in [-0.4, -0.2) is 33.4 Å². The summed E-state index contributed by atoms with van der Waals surface area (Å²) in [6.45, 7) is 5.44. The van der Waals surface area contributed by atoms with Gasteiger partial charge in [0.2, 0.25) is 0 Å². The Kier molecular flexibility index (Phi) is 7.11. The van der Waals surface area contributed by atoms with Gasteiger partial charge in [0, 0.05) is 36.2 Å². The van der Waals surface area contributed by atoms with E-state index < -0.39 is 0 Å². The lowest BCUT2D eigenvalue weighted by Crippen LogP contribution is -2.35. The second kappa shape index (κ2) is 8.84. The van der Waals surface area contributed by atoms with Gasteiger partial charge in [-0.25, -0.2) is 0 Å². The van der Waals surface area contributed by atoms with E-state index in [1.165, 1.54) is 50.0 Å². The maximum Gasteiger partial charge on any atom is 0.0596 e. The Labute approximate surface area is 134 Å². The number of aryl methyl sites for hydroxylation is 2. The van der Waals surface area contributed by atoms with Crippen LogP contribution >= 0.6 is 11.8 Å². The molecule has 4 heteroatoms. The zero-order chi connectivity index (χ0) is 15.1. The maximum absolute atomic E-state index is 4.48. The molecule has 1 N–H and O–H groups in total. The quantitative estimate of drug-likeness (QED) is 0.794. The van der Waals surface area contributed by atoms with Crippen LogP contribution in [0.5, 0.6) is 0 Å². The minimum Gasteiger partial charge on any atom is -0.313 e. The number of hydrogen-bond acceptors (Lipinski definition) is 3. The van der Waals surface area contributed by atoms with Crippen molar-refractivity contribution in [1.29, 1.82) is 0 Å². The molecule has 1 aliphatic rings. The van der Waals surface area contributed by atoms with Crippen LogP contribution in [0.1, 0.15) is 56.8 Å². The smallest absolute Gasteiger partial charge is 0.0596 e. The second-order valence-corrected chi connectivity index (χ2v) is 7.68. The molecule has 21 heavy (non-hydrogen) atoms. The molecule has 1 aromatic rings. The van der Waals surface area contributed by atoms with Crippen molar-refractivity contribution in [3.05, 3.63) is 17.5 Å². The molecule has 1 aliphatic carbocycles.